The summed E-state index contributed by atoms with van der Waals surface area (Å²) in [7, 11) is 0. The average Bonchev–Trinajstić information content (AvgIpc) is 2.26. The van der Waals surface area contributed by atoms with Crippen molar-refractivity contribution in [1.29, 1.82) is 5.26 Å². The van der Waals surface area contributed by atoms with Crippen molar-refractivity contribution in [2.75, 3.05) is 5.32 Å². The number of rotatable bonds is 5. The SMILES string of the molecule is CC(CC(=O)O)Nc1nccc(C#N)c1[N+](=O)[O-]. The number of aromatic nitrogens is 1. The smallest absolute Gasteiger partial charge is 0.328 e. The van der Waals surface area contributed by atoms with Crippen LogP contribution in [-0.4, -0.2) is 27.0 Å². The van der Waals surface area contributed by atoms with E-state index in [1.54, 1.807) is 13.0 Å². The minimum atomic E-state index is -1.03. The highest BCUT2D eigenvalue weighted by Crippen LogP contribution is 2.26. The molecule has 0 aromatic carbocycles. The molecule has 18 heavy (non-hydrogen) atoms. The third-order valence-electron chi connectivity index (χ3n) is 2.09. The van der Waals surface area contributed by atoms with E-state index in [-0.39, 0.29) is 17.8 Å². The predicted octanol–water partition coefficient (Wildman–Crippen LogP) is 1.14. The molecule has 1 unspecified atom stereocenters. The third-order valence-corrected chi connectivity index (χ3v) is 2.09. The molecular formula is C10H10N4O4. The Morgan fingerprint density at radius 3 is 2.94 bits per heavy atom. The maximum absolute atomic E-state index is 10.9. The zero-order valence-corrected chi connectivity index (χ0v) is 9.45. The lowest BCUT2D eigenvalue weighted by Crippen LogP contribution is -2.20. The van der Waals surface area contributed by atoms with E-state index in [0.717, 1.165) is 0 Å². The molecule has 94 valence electrons. The second-order valence-corrected chi connectivity index (χ2v) is 3.57. The van der Waals surface area contributed by atoms with Gasteiger partial charge < -0.3 is 10.4 Å². The Morgan fingerprint density at radius 1 is 1.78 bits per heavy atom. The number of pyridine rings is 1. The number of hydrogen-bond acceptors (Lipinski definition) is 6. The number of nitro groups is 1. The van der Waals surface area contributed by atoms with Gasteiger partial charge in [-0.2, -0.15) is 5.26 Å². The first-order chi connectivity index (χ1) is 8.45. The first-order valence-corrected chi connectivity index (χ1v) is 4.97. The fourth-order valence-electron chi connectivity index (χ4n) is 1.38. The fourth-order valence-corrected chi connectivity index (χ4v) is 1.38. The van der Waals surface area contributed by atoms with Gasteiger partial charge in [0.1, 0.15) is 11.6 Å². The van der Waals surface area contributed by atoms with Gasteiger partial charge in [0.2, 0.25) is 5.82 Å². The fraction of sp³-hybridized carbons (Fsp3) is 0.300. The van der Waals surface area contributed by atoms with Gasteiger partial charge in [-0.15, -0.1) is 0 Å². The molecule has 0 saturated carbocycles. The Morgan fingerprint density at radius 2 is 2.44 bits per heavy atom. The standard InChI is InChI=1S/C10H10N4O4/c1-6(4-8(15)16)13-10-9(14(17)18)7(5-11)2-3-12-10/h2-3,6H,4H2,1H3,(H,12,13)(H,15,16). The van der Waals surface area contributed by atoms with Crippen molar-refractivity contribution in [3.05, 3.63) is 27.9 Å². The summed E-state index contributed by atoms with van der Waals surface area (Å²) < 4.78 is 0. The lowest BCUT2D eigenvalue weighted by Gasteiger charge is -2.12. The molecular weight excluding hydrogens is 240 g/mol. The van der Waals surface area contributed by atoms with E-state index in [1.807, 2.05) is 0 Å². The summed E-state index contributed by atoms with van der Waals surface area (Å²) in [5.74, 6) is -1.14. The number of aliphatic carboxylic acids is 1. The monoisotopic (exact) mass is 250 g/mol. The van der Waals surface area contributed by atoms with Crippen LogP contribution in [0, 0.1) is 21.4 Å². The van der Waals surface area contributed by atoms with Crippen LogP contribution in [0.2, 0.25) is 0 Å². The molecule has 1 aromatic heterocycles. The second-order valence-electron chi connectivity index (χ2n) is 3.57. The summed E-state index contributed by atoms with van der Waals surface area (Å²) in [5, 5.41) is 30.8. The van der Waals surface area contributed by atoms with Crippen LogP contribution in [0.3, 0.4) is 0 Å². The Kier molecular flexibility index (Phi) is 4.15. The lowest BCUT2D eigenvalue weighted by atomic mass is 10.2. The molecule has 0 radical (unpaired) electrons. The predicted molar refractivity (Wildman–Crippen MR) is 60.9 cm³/mol. The number of nitrogens with one attached hydrogen (secondary N) is 1. The minimum absolute atomic E-state index is 0.104. The molecule has 1 heterocycles. The summed E-state index contributed by atoms with van der Waals surface area (Å²) >= 11 is 0. The van der Waals surface area contributed by atoms with Crippen LogP contribution < -0.4 is 5.32 Å². The van der Waals surface area contributed by atoms with E-state index in [2.05, 4.69) is 10.3 Å². The van der Waals surface area contributed by atoms with Crippen LogP contribution in [-0.2, 0) is 4.79 Å². The molecule has 0 spiro atoms. The molecule has 8 heteroatoms. The number of nitrogens with zero attached hydrogens (tertiary/aromatic N) is 3. The van der Waals surface area contributed by atoms with Crippen LogP contribution in [0.1, 0.15) is 18.9 Å². The highest BCUT2D eigenvalue weighted by Gasteiger charge is 2.22. The first-order valence-electron chi connectivity index (χ1n) is 4.97. The van der Waals surface area contributed by atoms with Crippen molar-refractivity contribution in [2.45, 2.75) is 19.4 Å². The second kappa shape index (κ2) is 5.58. The Bertz CT molecular complexity index is 523. The summed E-state index contributed by atoms with van der Waals surface area (Å²) in [6.07, 6.45) is 1.04. The normalized spacial score (nSPS) is 11.3. The molecule has 0 bridgehead atoms. The van der Waals surface area contributed by atoms with Gasteiger partial charge in [-0.3, -0.25) is 14.9 Å². The van der Waals surface area contributed by atoms with E-state index < -0.39 is 22.6 Å². The van der Waals surface area contributed by atoms with Gasteiger partial charge >= 0.3 is 11.7 Å². The molecule has 0 aliphatic heterocycles. The quantitative estimate of drug-likeness (QED) is 0.591. The Balaban J connectivity index is 3.06. The van der Waals surface area contributed by atoms with E-state index in [4.69, 9.17) is 10.4 Å². The lowest BCUT2D eigenvalue weighted by molar-refractivity contribution is -0.384. The van der Waals surface area contributed by atoms with Crippen LogP contribution >= 0.6 is 0 Å². The van der Waals surface area contributed by atoms with Crippen LogP contribution in [0.15, 0.2) is 12.3 Å². The van der Waals surface area contributed by atoms with Crippen molar-refractivity contribution < 1.29 is 14.8 Å². The van der Waals surface area contributed by atoms with Gasteiger partial charge in [-0.05, 0) is 13.0 Å². The van der Waals surface area contributed by atoms with Gasteiger partial charge in [0.15, 0.2) is 0 Å². The van der Waals surface area contributed by atoms with Crippen molar-refractivity contribution in [2.24, 2.45) is 0 Å². The van der Waals surface area contributed by atoms with Gasteiger partial charge in [0, 0.05) is 12.2 Å². The van der Waals surface area contributed by atoms with Gasteiger partial charge in [-0.25, -0.2) is 4.98 Å². The molecule has 0 saturated heterocycles. The Hall–Kier alpha value is -2.69. The molecule has 8 nitrogen and oxygen atoms in total. The van der Waals surface area contributed by atoms with Crippen molar-refractivity contribution in [3.63, 3.8) is 0 Å². The zero-order valence-electron chi connectivity index (χ0n) is 9.45. The summed E-state index contributed by atoms with van der Waals surface area (Å²) in [6.45, 7) is 1.55. The van der Waals surface area contributed by atoms with Crippen LogP contribution in [0.25, 0.3) is 0 Å². The number of nitriles is 1. The number of hydrogen-bond donors (Lipinski definition) is 2. The molecule has 0 aliphatic carbocycles. The molecule has 2 N–H and O–H groups in total. The maximum Gasteiger partial charge on any atom is 0.328 e. The van der Waals surface area contributed by atoms with E-state index >= 15 is 0 Å². The molecule has 1 rings (SSSR count). The summed E-state index contributed by atoms with van der Waals surface area (Å²) in [6, 6.07) is 2.38. The van der Waals surface area contributed by atoms with E-state index in [9.17, 15) is 14.9 Å². The highest BCUT2D eigenvalue weighted by molar-refractivity contribution is 5.69. The largest absolute Gasteiger partial charge is 0.481 e. The molecule has 1 atom stereocenters. The maximum atomic E-state index is 10.9. The van der Waals surface area contributed by atoms with Gasteiger partial charge in [-0.1, -0.05) is 0 Å². The zero-order chi connectivity index (χ0) is 13.7. The van der Waals surface area contributed by atoms with Crippen molar-refractivity contribution in [1.82, 2.24) is 4.98 Å². The molecule has 1 aromatic rings. The van der Waals surface area contributed by atoms with E-state index in [0.29, 0.717) is 0 Å². The van der Waals surface area contributed by atoms with Crippen LogP contribution in [0.4, 0.5) is 11.5 Å². The molecule has 0 fully saturated rings. The number of carboxylic acids is 1. The number of carboxylic acid groups (broad SMARTS) is 1. The van der Waals surface area contributed by atoms with Gasteiger partial charge in [0.05, 0.1) is 11.3 Å². The minimum Gasteiger partial charge on any atom is -0.481 e. The summed E-state index contributed by atoms with van der Waals surface area (Å²) in [4.78, 5) is 24.4. The van der Waals surface area contributed by atoms with Crippen molar-refractivity contribution >= 4 is 17.5 Å². The first kappa shape index (κ1) is 13.4. The number of anilines is 1. The van der Waals surface area contributed by atoms with E-state index in [1.165, 1.54) is 12.3 Å². The Labute approximate surface area is 102 Å². The summed E-state index contributed by atoms with van der Waals surface area (Å²) in [5.41, 5.74) is -0.572. The number of carbonyl (C=O) groups is 1. The van der Waals surface area contributed by atoms with Crippen molar-refractivity contribution in [3.8, 4) is 6.07 Å². The topological polar surface area (TPSA) is 129 Å². The van der Waals surface area contributed by atoms with Crippen LogP contribution in [0.5, 0.6) is 0 Å². The average molecular weight is 250 g/mol. The molecule has 0 aliphatic rings. The molecule has 0 amide bonds. The van der Waals surface area contributed by atoms with Gasteiger partial charge in [0.25, 0.3) is 0 Å². The third kappa shape index (κ3) is 3.15. The highest BCUT2D eigenvalue weighted by atomic mass is 16.6.